The first-order valence-corrected chi connectivity index (χ1v) is 6.46. The molecule has 0 amide bonds. The van der Waals surface area contributed by atoms with Crippen molar-refractivity contribution < 1.29 is 14.3 Å². The molecule has 1 aromatic rings. The second-order valence-corrected chi connectivity index (χ2v) is 5.46. The average Bonchev–Trinajstić information content (AvgIpc) is 2.30. The molecule has 1 aliphatic heterocycles. The second kappa shape index (κ2) is 3.95. The Bertz CT molecular complexity index is 509. The molecule has 1 aromatic carbocycles. The van der Waals surface area contributed by atoms with E-state index in [1.807, 2.05) is 6.07 Å². The highest BCUT2D eigenvalue weighted by atomic mass is 79.9. The Labute approximate surface area is 107 Å². The maximum atomic E-state index is 12.3. The first kappa shape index (κ1) is 11.0. The fraction of sp³-hybridized carbons (Fsp3) is 0.385. The molecule has 1 heterocycles. The Kier molecular flexibility index (Phi) is 2.54. The molecular weight excluding hydrogens is 284 g/mol. The normalized spacial score (nSPS) is 27.1. The first-order chi connectivity index (χ1) is 8.15. The van der Waals surface area contributed by atoms with Gasteiger partial charge in [-0.25, -0.2) is 0 Å². The van der Waals surface area contributed by atoms with Crippen molar-refractivity contribution >= 4 is 27.5 Å². The van der Waals surface area contributed by atoms with Crippen LogP contribution in [0.3, 0.4) is 0 Å². The smallest absolute Gasteiger partial charge is 0.173 e. The van der Waals surface area contributed by atoms with E-state index in [4.69, 9.17) is 4.74 Å². The molecule has 0 radical (unpaired) electrons. The fourth-order valence-corrected chi connectivity index (χ4v) is 2.92. The standard InChI is InChI=1S/C13H11BrO3/c14-7-1-4-11-10(5-7)13(16)9-3-2-8(15)6-12(9)17-11/h1,4-5,9,12H,2-3,6H2/t9-,12-/m0/s1. The Morgan fingerprint density at radius 3 is 2.94 bits per heavy atom. The van der Waals surface area contributed by atoms with Crippen molar-refractivity contribution in [2.24, 2.45) is 5.92 Å². The van der Waals surface area contributed by atoms with E-state index in [0.29, 0.717) is 30.6 Å². The summed E-state index contributed by atoms with van der Waals surface area (Å²) in [6.07, 6.45) is 1.23. The quantitative estimate of drug-likeness (QED) is 0.739. The summed E-state index contributed by atoms with van der Waals surface area (Å²) in [7, 11) is 0. The number of ether oxygens (including phenoxy) is 1. The maximum absolute atomic E-state index is 12.3. The highest BCUT2D eigenvalue weighted by molar-refractivity contribution is 9.10. The van der Waals surface area contributed by atoms with Crippen LogP contribution in [0.25, 0.3) is 0 Å². The van der Waals surface area contributed by atoms with E-state index in [1.54, 1.807) is 12.1 Å². The lowest BCUT2D eigenvalue weighted by Crippen LogP contribution is -2.42. The molecule has 2 atom stereocenters. The molecule has 0 unspecified atom stereocenters. The van der Waals surface area contributed by atoms with Gasteiger partial charge < -0.3 is 4.74 Å². The summed E-state index contributed by atoms with van der Waals surface area (Å²) in [5, 5.41) is 0. The monoisotopic (exact) mass is 294 g/mol. The summed E-state index contributed by atoms with van der Waals surface area (Å²) in [6.45, 7) is 0. The van der Waals surface area contributed by atoms with Crippen molar-refractivity contribution in [2.75, 3.05) is 0 Å². The number of hydrogen-bond acceptors (Lipinski definition) is 3. The maximum Gasteiger partial charge on any atom is 0.173 e. The minimum absolute atomic E-state index is 0.116. The highest BCUT2D eigenvalue weighted by Gasteiger charge is 2.40. The van der Waals surface area contributed by atoms with Crippen LogP contribution in [-0.4, -0.2) is 17.7 Å². The third kappa shape index (κ3) is 1.80. The molecule has 1 fully saturated rings. The summed E-state index contributed by atoms with van der Waals surface area (Å²) in [5.74, 6) is 0.772. The van der Waals surface area contributed by atoms with E-state index in [1.165, 1.54) is 0 Å². The van der Waals surface area contributed by atoms with Crippen LogP contribution in [0.15, 0.2) is 22.7 Å². The van der Waals surface area contributed by atoms with Crippen LogP contribution in [0.4, 0.5) is 0 Å². The van der Waals surface area contributed by atoms with Crippen molar-refractivity contribution in [1.29, 1.82) is 0 Å². The van der Waals surface area contributed by atoms with Crippen LogP contribution in [0.2, 0.25) is 0 Å². The van der Waals surface area contributed by atoms with Gasteiger partial charge in [-0.05, 0) is 24.6 Å². The molecular formula is C13H11BrO3. The number of Topliss-reactive ketones (excluding diaryl/α,β-unsaturated/α-hetero) is 2. The summed E-state index contributed by atoms with van der Waals surface area (Å²) in [6, 6.07) is 5.42. The SMILES string of the molecule is O=C1CC[C@@H]2C(=O)c3cc(Br)ccc3O[C@H]2C1. The van der Waals surface area contributed by atoms with Crippen LogP contribution in [0.5, 0.6) is 5.75 Å². The highest BCUT2D eigenvalue weighted by Crippen LogP contribution is 2.38. The minimum atomic E-state index is -0.252. The molecule has 2 aliphatic rings. The van der Waals surface area contributed by atoms with Gasteiger partial charge in [0.25, 0.3) is 0 Å². The Morgan fingerprint density at radius 2 is 2.12 bits per heavy atom. The molecule has 3 rings (SSSR count). The second-order valence-electron chi connectivity index (χ2n) is 4.55. The van der Waals surface area contributed by atoms with Crippen LogP contribution in [-0.2, 0) is 4.79 Å². The van der Waals surface area contributed by atoms with E-state index in [-0.39, 0.29) is 23.6 Å². The van der Waals surface area contributed by atoms with Crippen molar-refractivity contribution in [3.05, 3.63) is 28.2 Å². The summed E-state index contributed by atoms with van der Waals surface area (Å²) in [4.78, 5) is 23.7. The molecule has 0 N–H and O–H groups in total. The van der Waals surface area contributed by atoms with E-state index in [9.17, 15) is 9.59 Å². The van der Waals surface area contributed by atoms with Gasteiger partial charge in [-0.2, -0.15) is 0 Å². The predicted octanol–water partition coefficient (Wildman–Crippen LogP) is 2.76. The third-order valence-corrected chi connectivity index (χ3v) is 3.93. The number of halogens is 1. The molecule has 17 heavy (non-hydrogen) atoms. The molecule has 0 saturated heterocycles. The molecule has 1 saturated carbocycles. The van der Waals surface area contributed by atoms with Gasteiger partial charge in [0.1, 0.15) is 17.6 Å². The lowest BCUT2D eigenvalue weighted by atomic mass is 9.79. The summed E-state index contributed by atoms with van der Waals surface area (Å²) >= 11 is 3.35. The van der Waals surface area contributed by atoms with Crippen molar-refractivity contribution in [3.8, 4) is 5.75 Å². The van der Waals surface area contributed by atoms with Gasteiger partial charge >= 0.3 is 0 Å². The Hall–Kier alpha value is -1.16. The number of ketones is 2. The molecule has 0 bridgehead atoms. The average molecular weight is 295 g/mol. The van der Waals surface area contributed by atoms with E-state index >= 15 is 0 Å². The van der Waals surface area contributed by atoms with Crippen molar-refractivity contribution in [1.82, 2.24) is 0 Å². The predicted molar refractivity (Wildman–Crippen MR) is 65.2 cm³/mol. The molecule has 3 nitrogen and oxygen atoms in total. The molecule has 0 spiro atoms. The van der Waals surface area contributed by atoms with Crippen molar-refractivity contribution in [2.45, 2.75) is 25.4 Å². The van der Waals surface area contributed by atoms with Crippen LogP contribution in [0, 0.1) is 5.92 Å². The number of benzene rings is 1. The fourth-order valence-electron chi connectivity index (χ4n) is 2.56. The lowest BCUT2D eigenvalue weighted by molar-refractivity contribution is -0.123. The zero-order valence-electron chi connectivity index (χ0n) is 9.11. The van der Waals surface area contributed by atoms with Crippen LogP contribution in [0.1, 0.15) is 29.6 Å². The summed E-state index contributed by atoms with van der Waals surface area (Å²) in [5.41, 5.74) is 0.634. The molecule has 4 heteroatoms. The minimum Gasteiger partial charge on any atom is -0.488 e. The van der Waals surface area contributed by atoms with Gasteiger partial charge in [0.15, 0.2) is 5.78 Å². The number of hydrogen-bond donors (Lipinski definition) is 0. The molecule has 88 valence electrons. The number of carbonyl (C=O) groups is 2. The Morgan fingerprint density at radius 1 is 1.29 bits per heavy atom. The van der Waals surface area contributed by atoms with Gasteiger partial charge in [0.05, 0.1) is 11.5 Å². The van der Waals surface area contributed by atoms with Gasteiger partial charge in [0, 0.05) is 17.3 Å². The van der Waals surface area contributed by atoms with E-state index < -0.39 is 0 Å². The number of carbonyl (C=O) groups excluding carboxylic acids is 2. The zero-order valence-corrected chi connectivity index (χ0v) is 10.7. The van der Waals surface area contributed by atoms with Gasteiger partial charge in [-0.3, -0.25) is 9.59 Å². The largest absolute Gasteiger partial charge is 0.488 e. The van der Waals surface area contributed by atoms with Gasteiger partial charge in [0.2, 0.25) is 0 Å². The van der Waals surface area contributed by atoms with Gasteiger partial charge in [-0.1, -0.05) is 15.9 Å². The first-order valence-electron chi connectivity index (χ1n) is 5.67. The summed E-state index contributed by atoms with van der Waals surface area (Å²) < 4.78 is 6.64. The lowest BCUT2D eigenvalue weighted by Gasteiger charge is -2.35. The van der Waals surface area contributed by atoms with Crippen LogP contribution < -0.4 is 4.74 Å². The number of fused-ring (bicyclic) bond motifs is 2. The zero-order chi connectivity index (χ0) is 12.0. The number of rotatable bonds is 0. The van der Waals surface area contributed by atoms with Gasteiger partial charge in [-0.15, -0.1) is 0 Å². The van der Waals surface area contributed by atoms with Crippen LogP contribution >= 0.6 is 15.9 Å². The third-order valence-electron chi connectivity index (χ3n) is 3.43. The van der Waals surface area contributed by atoms with E-state index in [2.05, 4.69) is 15.9 Å². The molecule has 0 aromatic heterocycles. The topological polar surface area (TPSA) is 43.4 Å². The Balaban J connectivity index is 2.02. The van der Waals surface area contributed by atoms with E-state index in [0.717, 1.165) is 4.47 Å². The van der Waals surface area contributed by atoms with Crippen molar-refractivity contribution in [3.63, 3.8) is 0 Å². The molecule has 1 aliphatic carbocycles.